The number of amides is 3. The van der Waals surface area contributed by atoms with E-state index in [1.807, 2.05) is 0 Å². The fourth-order valence-electron chi connectivity index (χ4n) is 3.65. The van der Waals surface area contributed by atoms with E-state index < -0.39 is 29.7 Å². The zero-order chi connectivity index (χ0) is 21.5. The van der Waals surface area contributed by atoms with Crippen molar-refractivity contribution in [3.63, 3.8) is 0 Å². The van der Waals surface area contributed by atoms with Gasteiger partial charge >= 0.3 is 12.2 Å². The molecule has 2 aliphatic rings. The first-order chi connectivity index (χ1) is 14.2. The average Bonchev–Trinajstić information content (AvgIpc) is 3.26. The Labute approximate surface area is 168 Å². The fourth-order valence-corrected chi connectivity index (χ4v) is 3.65. The van der Waals surface area contributed by atoms with E-state index in [0.717, 1.165) is 22.1 Å². The number of aromatic nitrogens is 3. The van der Waals surface area contributed by atoms with Gasteiger partial charge in [-0.1, -0.05) is 0 Å². The molecule has 3 heterocycles. The molecule has 2 aromatic heterocycles. The van der Waals surface area contributed by atoms with Gasteiger partial charge in [-0.05, 0) is 18.9 Å². The molecule has 1 saturated carbocycles. The smallest absolute Gasteiger partial charge is 0.417 e. The third-order valence-electron chi connectivity index (χ3n) is 5.03. The number of anilines is 2. The molecule has 4 rings (SSSR count). The second-order valence-corrected chi connectivity index (χ2v) is 7.05. The average molecular weight is 422 g/mol. The summed E-state index contributed by atoms with van der Waals surface area (Å²) in [5, 5.41) is 0. The third-order valence-corrected chi connectivity index (χ3v) is 5.03. The van der Waals surface area contributed by atoms with Crippen LogP contribution in [0.3, 0.4) is 0 Å². The van der Waals surface area contributed by atoms with Crippen LogP contribution in [-0.4, -0.2) is 50.5 Å². The van der Waals surface area contributed by atoms with Gasteiger partial charge in [-0.2, -0.15) is 13.2 Å². The Morgan fingerprint density at radius 3 is 2.53 bits per heavy atom. The zero-order valence-electron chi connectivity index (χ0n) is 15.5. The lowest BCUT2D eigenvalue weighted by atomic mass is 10.2. The minimum absolute atomic E-state index is 0.0736. The zero-order valence-corrected chi connectivity index (χ0v) is 15.5. The molecule has 1 aliphatic carbocycles. The molecule has 158 valence electrons. The number of hydrogen-bond donors (Lipinski definition) is 1. The van der Waals surface area contributed by atoms with E-state index in [4.69, 9.17) is 10.5 Å². The molecule has 0 spiro atoms. The number of nitrogens with two attached hydrogens (primary N) is 1. The number of halogens is 3. The van der Waals surface area contributed by atoms with E-state index in [0.29, 0.717) is 31.2 Å². The molecular weight excluding hydrogens is 405 g/mol. The topological polar surface area (TPSA) is 115 Å². The van der Waals surface area contributed by atoms with E-state index in [1.54, 1.807) is 0 Å². The quantitative estimate of drug-likeness (QED) is 0.752. The number of rotatable bonds is 4. The van der Waals surface area contributed by atoms with Crippen molar-refractivity contribution in [2.75, 3.05) is 17.2 Å². The predicted molar refractivity (Wildman–Crippen MR) is 97.3 cm³/mol. The highest BCUT2D eigenvalue weighted by molar-refractivity contribution is 6.12. The van der Waals surface area contributed by atoms with Crippen LogP contribution in [-0.2, 0) is 11.0 Å². The number of nitrogen functional groups attached to an aromatic ring is 1. The molecule has 2 aromatic rings. The van der Waals surface area contributed by atoms with Crippen LogP contribution >= 0.6 is 0 Å². The number of hydrogen-bond acceptors (Lipinski definition) is 7. The molecule has 0 radical (unpaired) electrons. The van der Waals surface area contributed by atoms with Gasteiger partial charge in [0.15, 0.2) is 5.75 Å². The summed E-state index contributed by atoms with van der Waals surface area (Å²) in [6.45, 7) is -0.338. The van der Waals surface area contributed by atoms with E-state index in [1.165, 1.54) is 12.4 Å². The minimum Gasteiger partial charge on any atom is -0.487 e. The largest absolute Gasteiger partial charge is 0.487 e. The Bertz CT molecular complexity index is 968. The molecule has 0 aromatic carbocycles. The lowest BCUT2D eigenvalue weighted by molar-refractivity contribution is -0.137. The Hall–Kier alpha value is -3.44. The first-order valence-electron chi connectivity index (χ1n) is 9.12. The van der Waals surface area contributed by atoms with Crippen LogP contribution < -0.4 is 15.4 Å². The fraction of sp³-hybridized carbons (Fsp3) is 0.389. The summed E-state index contributed by atoms with van der Waals surface area (Å²) in [4.78, 5) is 38.6. The Kier molecular flexibility index (Phi) is 4.92. The van der Waals surface area contributed by atoms with Crippen LogP contribution in [0.25, 0.3) is 0 Å². The molecule has 0 bridgehead atoms. The van der Waals surface area contributed by atoms with Crippen molar-refractivity contribution in [2.45, 2.75) is 37.6 Å². The summed E-state index contributed by atoms with van der Waals surface area (Å²) >= 11 is 0. The van der Waals surface area contributed by atoms with Crippen LogP contribution in [0, 0.1) is 0 Å². The van der Waals surface area contributed by atoms with Crippen molar-refractivity contribution in [3.8, 4) is 5.75 Å². The maximum absolute atomic E-state index is 12.9. The molecular formula is C18H17F3N6O3. The number of carbonyl (C=O) groups is 2. The minimum atomic E-state index is -4.60. The van der Waals surface area contributed by atoms with Crippen LogP contribution in [0.2, 0.25) is 0 Å². The van der Waals surface area contributed by atoms with Gasteiger partial charge in [0, 0.05) is 18.7 Å². The van der Waals surface area contributed by atoms with E-state index in [-0.39, 0.29) is 24.3 Å². The number of urea groups is 1. The Morgan fingerprint density at radius 1 is 1.10 bits per heavy atom. The summed E-state index contributed by atoms with van der Waals surface area (Å²) < 4.78 is 44.6. The molecule has 30 heavy (non-hydrogen) atoms. The highest BCUT2D eigenvalue weighted by Crippen LogP contribution is 2.34. The number of pyridine rings is 1. The van der Waals surface area contributed by atoms with Crippen LogP contribution in [0.15, 0.2) is 30.9 Å². The summed E-state index contributed by atoms with van der Waals surface area (Å²) in [6.07, 6.45) is 1.33. The van der Waals surface area contributed by atoms with Gasteiger partial charge in [0.1, 0.15) is 12.6 Å². The molecule has 1 saturated heterocycles. The van der Waals surface area contributed by atoms with Crippen molar-refractivity contribution in [2.24, 2.45) is 0 Å². The van der Waals surface area contributed by atoms with Crippen molar-refractivity contribution in [1.82, 2.24) is 19.9 Å². The number of nitrogens with zero attached hydrogens (tertiary/aromatic N) is 5. The first-order valence-corrected chi connectivity index (χ1v) is 9.12. The van der Waals surface area contributed by atoms with Crippen molar-refractivity contribution in [3.05, 3.63) is 36.4 Å². The first kappa shape index (κ1) is 19.9. The lowest BCUT2D eigenvalue weighted by Crippen LogP contribution is -2.40. The summed E-state index contributed by atoms with van der Waals surface area (Å²) in [6, 6.07) is -0.264. The standard InChI is InChI=1S/C18H17F3N6O3/c19-18(20,21)10-3-12(6-23-5-10)26-9-15(28)27(17(26)29)11-1-2-13(4-11)30-14-7-24-16(22)25-8-14/h3,5-8,11,13H,1-2,4,9H2,(H2,22,24,25)/t11-,13-/m0/s1. The SMILES string of the molecule is Nc1ncc(O[C@H]2CC[C@H](N3C(=O)CN(c4cncc(C(F)(F)F)c4)C3=O)C2)cn1. The third kappa shape index (κ3) is 3.84. The van der Waals surface area contributed by atoms with Gasteiger partial charge in [0.25, 0.3) is 5.91 Å². The molecule has 2 N–H and O–H groups in total. The van der Waals surface area contributed by atoms with E-state index >= 15 is 0 Å². The van der Waals surface area contributed by atoms with E-state index in [2.05, 4.69) is 15.0 Å². The van der Waals surface area contributed by atoms with Crippen molar-refractivity contribution >= 4 is 23.6 Å². The van der Waals surface area contributed by atoms with Crippen molar-refractivity contribution < 1.29 is 27.5 Å². The van der Waals surface area contributed by atoms with E-state index in [9.17, 15) is 22.8 Å². The van der Waals surface area contributed by atoms with Crippen LogP contribution in [0.5, 0.6) is 5.75 Å². The van der Waals surface area contributed by atoms with Gasteiger partial charge < -0.3 is 10.5 Å². The molecule has 2 atom stereocenters. The monoisotopic (exact) mass is 422 g/mol. The predicted octanol–water partition coefficient (Wildman–Crippen LogP) is 2.24. The highest BCUT2D eigenvalue weighted by atomic mass is 19.4. The number of ether oxygens (including phenoxy) is 1. The summed E-state index contributed by atoms with van der Waals surface area (Å²) in [5.74, 6) is 0.0635. The van der Waals surface area contributed by atoms with Gasteiger partial charge in [-0.25, -0.2) is 14.8 Å². The molecule has 3 amide bonds. The number of alkyl halides is 3. The summed E-state index contributed by atoms with van der Waals surface area (Å²) in [5.41, 5.74) is 4.37. The number of imide groups is 1. The number of carbonyl (C=O) groups excluding carboxylic acids is 2. The Balaban J connectivity index is 1.45. The molecule has 12 heteroatoms. The normalized spacial score (nSPS) is 22.1. The second-order valence-electron chi connectivity index (χ2n) is 7.05. The van der Waals surface area contributed by atoms with Gasteiger partial charge in [0.05, 0.1) is 29.8 Å². The van der Waals surface area contributed by atoms with Crippen molar-refractivity contribution in [1.29, 1.82) is 0 Å². The maximum Gasteiger partial charge on any atom is 0.417 e. The van der Waals surface area contributed by atoms with Crippen LogP contribution in [0.1, 0.15) is 24.8 Å². The van der Waals surface area contributed by atoms with Gasteiger partial charge in [0.2, 0.25) is 5.95 Å². The molecule has 0 unspecified atom stereocenters. The highest BCUT2D eigenvalue weighted by Gasteiger charge is 2.44. The molecule has 2 fully saturated rings. The lowest BCUT2D eigenvalue weighted by Gasteiger charge is -2.23. The second kappa shape index (κ2) is 7.43. The van der Waals surface area contributed by atoms with Gasteiger partial charge in [-0.3, -0.25) is 19.6 Å². The molecule has 1 aliphatic heterocycles. The van der Waals surface area contributed by atoms with Gasteiger partial charge in [-0.15, -0.1) is 0 Å². The molecule has 9 nitrogen and oxygen atoms in total. The van der Waals surface area contributed by atoms with Crippen LogP contribution in [0.4, 0.5) is 29.6 Å². The maximum atomic E-state index is 12.9. The Morgan fingerprint density at radius 2 is 1.83 bits per heavy atom. The summed E-state index contributed by atoms with van der Waals surface area (Å²) in [7, 11) is 0.